The lowest BCUT2D eigenvalue weighted by Crippen LogP contribution is -2.40. The molecule has 2 aromatic heterocycles. The molecule has 172 valence electrons. The third-order valence-corrected chi connectivity index (χ3v) is 5.99. The van der Waals surface area contributed by atoms with E-state index in [-0.39, 0.29) is 31.0 Å². The number of ketones is 1. The van der Waals surface area contributed by atoms with Crippen LogP contribution < -0.4 is 0 Å². The first-order valence-electron chi connectivity index (χ1n) is 11.1. The lowest BCUT2D eigenvalue weighted by atomic mass is 9.90. The Kier molecular flexibility index (Phi) is 6.72. The summed E-state index contributed by atoms with van der Waals surface area (Å²) in [5.41, 5.74) is 2.82. The van der Waals surface area contributed by atoms with Gasteiger partial charge in [-0.05, 0) is 49.9 Å². The summed E-state index contributed by atoms with van der Waals surface area (Å²) < 4.78 is 12.1. The van der Waals surface area contributed by atoms with E-state index in [2.05, 4.69) is 5.10 Å². The smallest absolute Gasteiger partial charge is 0.410 e. The zero-order valence-corrected chi connectivity index (χ0v) is 18.8. The van der Waals surface area contributed by atoms with Crippen molar-refractivity contribution in [1.29, 1.82) is 0 Å². The SMILES string of the molecule is CCOC(=O)c1c(C)c(C(=O)C2CCN(C(=O)OCc3ccccc3)CC2)n2ncccc12. The molecular formula is C25H27N3O5. The third-order valence-electron chi connectivity index (χ3n) is 5.99. The zero-order chi connectivity index (χ0) is 23.4. The fraction of sp³-hybridized carbons (Fsp3) is 0.360. The first-order chi connectivity index (χ1) is 16.0. The Morgan fingerprint density at radius 2 is 1.76 bits per heavy atom. The van der Waals surface area contributed by atoms with Crippen molar-refractivity contribution >= 4 is 23.4 Å². The number of amides is 1. The number of likely N-dealkylation sites (tertiary alicyclic amines) is 1. The summed E-state index contributed by atoms with van der Waals surface area (Å²) in [7, 11) is 0. The quantitative estimate of drug-likeness (QED) is 0.417. The van der Waals surface area contributed by atoms with Crippen LogP contribution in [0.5, 0.6) is 0 Å². The summed E-state index contributed by atoms with van der Waals surface area (Å²) in [6, 6.07) is 13.0. The van der Waals surface area contributed by atoms with Crippen LogP contribution in [0.25, 0.3) is 5.52 Å². The Bertz CT molecular complexity index is 1160. The van der Waals surface area contributed by atoms with E-state index >= 15 is 0 Å². The maximum absolute atomic E-state index is 13.5. The van der Waals surface area contributed by atoms with Gasteiger partial charge >= 0.3 is 12.1 Å². The summed E-state index contributed by atoms with van der Waals surface area (Å²) in [5, 5.41) is 4.32. The van der Waals surface area contributed by atoms with Gasteiger partial charge in [0.15, 0.2) is 5.78 Å². The molecule has 8 nitrogen and oxygen atoms in total. The molecular weight excluding hydrogens is 422 g/mol. The number of fused-ring (bicyclic) bond motifs is 1. The van der Waals surface area contributed by atoms with Crippen molar-refractivity contribution in [2.45, 2.75) is 33.3 Å². The predicted octanol–water partition coefficient (Wildman–Crippen LogP) is 4.05. The van der Waals surface area contributed by atoms with Crippen molar-refractivity contribution < 1.29 is 23.9 Å². The van der Waals surface area contributed by atoms with E-state index in [0.29, 0.717) is 48.3 Å². The Morgan fingerprint density at radius 3 is 2.45 bits per heavy atom. The van der Waals surface area contributed by atoms with Crippen molar-refractivity contribution in [3.05, 3.63) is 71.0 Å². The van der Waals surface area contributed by atoms with Gasteiger partial charge in [0.1, 0.15) is 12.3 Å². The number of carbonyl (C=O) groups excluding carboxylic acids is 3. The van der Waals surface area contributed by atoms with Crippen molar-refractivity contribution in [2.24, 2.45) is 5.92 Å². The first-order valence-corrected chi connectivity index (χ1v) is 11.1. The van der Waals surface area contributed by atoms with Crippen molar-refractivity contribution in [3.63, 3.8) is 0 Å². The minimum absolute atomic E-state index is 0.0750. The molecule has 1 aromatic carbocycles. The molecule has 3 aromatic rings. The highest BCUT2D eigenvalue weighted by Crippen LogP contribution is 2.29. The highest BCUT2D eigenvalue weighted by atomic mass is 16.6. The third kappa shape index (κ3) is 4.60. The van der Waals surface area contributed by atoms with Crippen LogP contribution >= 0.6 is 0 Å². The number of ether oxygens (including phenoxy) is 2. The topological polar surface area (TPSA) is 90.2 Å². The number of piperidine rings is 1. The Labute approximate surface area is 192 Å². The Morgan fingerprint density at radius 1 is 1.03 bits per heavy atom. The van der Waals surface area contributed by atoms with Gasteiger partial charge in [-0.3, -0.25) is 4.79 Å². The fourth-order valence-electron chi connectivity index (χ4n) is 4.29. The van der Waals surface area contributed by atoms with Gasteiger partial charge in [-0.1, -0.05) is 30.3 Å². The summed E-state index contributed by atoms with van der Waals surface area (Å²) in [6.07, 6.45) is 2.25. The largest absolute Gasteiger partial charge is 0.462 e. The Balaban J connectivity index is 1.45. The Hall–Kier alpha value is -3.68. The number of nitrogens with zero attached hydrogens (tertiary/aromatic N) is 3. The molecule has 0 radical (unpaired) electrons. The highest BCUT2D eigenvalue weighted by molar-refractivity contribution is 6.06. The standard InChI is InChI=1S/C25H27N3O5/c1-3-32-24(30)21-17(2)22(28-20(21)10-7-13-26-28)23(29)19-11-14-27(15-12-19)25(31)33-16-18-8-5-4-6-9-18/h4-10,13,19H,3,11-12,14-16H2,1-2H3. The van der Waals surface area contributed by atoms with Crippen molar-refractivity contribution in [1.82, 2.24) is 14.5 Å². The van der Waals surface area contributed by atoms with Crippen LogP contribution in [-0.2, 0) is 16.1 Å². The molecule has 3 heterocycles. The molecule has 0 aliphatic carbocycles. The number of benzene rings is 1. The number of carbonyl (C=O) groups is 3. The number of rotatable bonds is 6. The number of hydrogen-bond donors (Lipinski definition) is 0. The number of esters is 1. The fourth-order valence-corrected chi connectivity index (χ4v) is 4.29. The minimum atomic E-state index is -0.462. The minimum Gasteiger partial charge on any atom is -0.462 e. The van der Waals surface area contributed by atoms with E-state index in [1.807, 2.05) is 30.3 Å². The second kappa shape index (κ2) is 9.85. The molecule has 1 amide bonds. The highest BCUT2D eigenvalue weighted by Gasteiger charge is 2.33. The van der Waals surface area contributed by atoms with E-state index in [1.165, 1.54) is 4.52 Å². The van der Waals surface area contributed by atoms with Crippen LogP contribution in [0, 0.1) is 12.8 Å². The van der Waals surface area contributed by atoms with Crippen molar-refractivity contribution in [2.75, 3.05) is 19.7 Å². The summed E-state index contributed by atoms with van der Waals surface area (Å²) in [5.74, 6) is -0.804. The summed E-state index contributed by atoms with van der Waals surface area (Å²) in [4.78, 5) is 40.1. The normalized spacial score (nSPS) is 14.3. The molecule has 0 N–H and O–H groups in total. The molecule has 0 bridgehead atoms. The van der Waals surface area contributed by atoms with Gasteiger partial charge < -0.3 is 14.4 Å². The van der Waals surface area contributed by atoms with Gasteiger partial charge in [-0.25, -0.2) is 14.1 Å². The second-order valence-corrected chi connectivity index (χ2v) is 8.06. The van der Waals surface area contributed by atoms with E-state index in [9.17, 15) is 14.4 Å². The number of hydrogen-bond acceptors (Lipinski definition) is 6. The molecule has 8 heteroatoms. The zero-order valence-electron chi connectivity index (χ0n) is 18.8. The van der Waals surface area contributed by atoms with Crippen LogP contribution in [0.1, 0.15) is 51.7 Å². The van der Waals surface area contributed by atoms with Gasteiger partial charge in [-0.2, -0.15) is 5.10 Å². The van der Waals surface area contributed by atoms with E-state index in [0.717, 1.165) is 5.56 Å². The van der Waals surface area contributed by atoms with Crippen LogP contribution in [0.3, 0.4) is 0 Å². The van der Waals surface area contributed by atoms with Crippen molar-refractivity contribution in [3.8, 4) is 0 Å². The molecule has 0 saturated carbocycles. The average molecular weight is 450 g/mol. The average Bonchev–Trinajstić information content (AvgIpc) is 3.14. The maximum Gasteiger partial charge on any atom is 0.410 e. The van der Waals surface area contributed by atoms with Gasteiger partial charge in [-0.15, -0.1) is 0 Å². The first kappa shape index (κ1) is 22.5. The molecule has 33 heavy (non-hydrogen) atoms. The predicted molar refractivity (Wildman–Crippen MR) is 121 cm³/mol. The van der Waals surface area contributed by atoms with E-state index in [1.54, 1.807) is 37.1 Å². The van der Waals surface area contributed by atoms with Gasteiger partial charge in [0.2, 0.25) is 0 Å². The van der Waals surface area contributed by atoms with Gasteiger partial charge in [0.25, 0.3) is 0 Å². The number of Topliss-reactive ketones (excluding diaryl/α,β-unsaturated/α-hetero) is 1. The molecule has 1 aliphatic heterocycles. The van der Waals surface area contributed by atoms with Crippen LogP contribution in [0.2, 0.25) is 0 Å². The molecule has 4 rings (SSSR count). The second-order valence-electron chi connectivity index (χ2n) is 8.06. The van der Waals surface area contributed by atoms with Crippen LogP contribution in [0.4, 0.5) is 4.79 Å². The van der Waals surface area contributed by atoms with Crippen LogP contribution in [0.15, 0.2) is 48.7 Å². The lowest BCUT2D eigenvalue weighted by molar-refractivity contribution is 0.0527. The maximum atomic E-state index is 13.5. The lowest BCUT2D eigenvalue weighted by Gasteiger charge is -2.30. The molecule has 0 unspecified atom stereocenters. The molecule has 0 spiro atoms. The molecule has 1 saturated heterocycles. The monoisotopic (exact) mass is 449 g/mol. The van der Waals surface area contributed by atoms with E-state index in [4.69, 9.17) is 9.47 Å². The molecule has 0 atom stereocenters. The number of aromatic nitrogens is 2. The molecule has 1 aliphatic rings. The van der Waals surface area contributed by atoms with E-state index < -0.39 is 5.97 Å². The van der Waals surface area contributed by atoms with Gasteiger partial charge in [0, 0.05) is 25.2 Å². The molecule has 1 fully saturated rings. The van der Waals surface area contributed by atoms with Gasteiger partial charge in [0.05, 0.1) is 17.7 Å². The summed E-state index contributed by atoms with van der Waals surface area (Å²) in [6.45, 7) is 4.84. The summed E-state index contributed by atoms with van der Waals surface area (Å²) >= 11 is 0. The van der Waals surface area contributed by atoms with Crippen LogP contribution in [-0.4, -0.2) is 52.1 Å².